The number of hydrogen-bond acceptors (Lipinski definition) is 4. The average Bonchev–Trinajstić information content (AvgIpc) is 3.20. The van der Waals surface area contributed by atoms with Crippen molar-refractivity contribution < 1.29 is 9.53 Å². The zero-order chi connectivity index (χ0) is 17.8. The molecular weight excluding hydrogens is 344 g/mol. The Morgan fingerprint density at radius 1 is 1.15 bits per heavy atom. The van der Waals surface area contributed by atoms with Crippen molar-refractivity contribution >= 4 is 17.2 Å². The molecular formula is C21H20N2O2S. The quantitative estimate of drug-likeness (QED) is 0.689. The Morgan fingerprint density at radius 3 is 2.85 bits per heavy atom. The molecule has 0 aliphatic carbocycles. The molecule has 1 aromatic carbocycles. The van der Waals surface area contributed by atoms with E-state index >= 15 is 0 Å². The van der Waals surface area contributed by atoms with Crippen molar-refractivity contribution in [1.29, 1.82) is 0 Å². The molecule has 0 saturated carbocycles. The number of hydrogen-bond donors (Lipinski definition) is 0. The van der Waals surface area contributed by atoms with Crippen molar-refractivity contribution in [3.05, 3.63) is 82.3 Å². The number of rotatable bonds is 5. The summed E-state index contributed by atoms with van der Waals surface area (Å²) in [5.74, 6) is 0.878. The largest absolute Gasteiger partial charge is 0.492 e. The number of benzene rings is 1. The molecule has 3 aromatic rings. The lowest BCUT2D eigenvalue weighted by Gasteiger charge is -2.30. The van der Waals surface area contributed by atoms with Crippen LogP contribution >= 0.6 is 11.3 Å². The summed E-state index contributed by atoms with van der Waals surface area (Å²) in [6, 6.07) is 13.9. The van der Waals surface area contributed by atoms with Crippen LogP contribution in [0.5, 0.6) is 5.75 Å². The second-order valence-corrected chi connectivity index (χ2v) is 7.29. The summed E-state index contributed by atoms with van der Waals surface area (Å²) in [6.07, 6.45) is 4.29. The summed E-state index contributed by atoms with van der Waals surface area (Å²) in [6.45, 7) is 1.60. The van der Waals surface area contributed by atoms with Gasteiger partial charge in [0.15, 0.2) is 0 Å². The number of carbonyl (C=O) groups is 1. The first-order valence-electron chi connectivity index (χ1n) is 8.69. The first-order chi connectivity index (χ1) is 12.8. The first kappa shape index (κ1) is 16.8. The van der Waals surface area contributed by atoms with E-state index in [0.717, 1.165) is 28.9 Å². The van der Waals surface area contributed by atoms with E-state index in [-0.39, 0.29) is 11.8 Å². The summed E-state index contributed by atoms with van der Waals surface area (Å²) >= 11 is 1.65. The third kappa shape index (κ3) is 3.78. The van der Waals surface area contributed by atoms with Gasteiger partial charge in [0.1, 0.15) is 12.4 Å². The lowest BCUT2D eigenvalue weighted by atomic mass is 9.95. The fraction of sp³-hybridized carbons (Fsp3) is 0.238. The fourth-order valence-corrected chi connectivity index (χ4v) is 3.93. The van der Waals surface area contributed by atoms with E-state index in [9.17, 15) is 4.79 Å². The van der Waals surface area contributed by atoms with E-state index in [1.165, 1.54) is 0 Å². The van der Waals surface area contributed by atoms with Crippen LogP contribution in [0.25, 0.3) is 0 Å². The number of nitrogens with zero attached hydrogens (tertiary/aromatic N) is 2. The van der Waals surface area contributed by atoms with Crippen LogP contribution in [-0.4, -0.2) is 22.4 Å². The van der Waals surface area contributed by atoms with Crippen LogP contribution in [0.4, 0.5) is 0 Å². The maximum Gasteiger partial charge on any atom is 0.230 e. The van der Waals surface area contributed by atoms with Crippen molar-refractivity contribution in [3.63, 3.8) is 0 Å². The molecule has 0 saturated heterocycles. The standard InChI is InChI=1S/C21H20N2O2S/c24-21(19-10-18-5-1-2-6-20(18)25-14-19)23(13-17-7-9-26-15-17)12-16-4-3-8-22-11-16/h1-9,11,15,19H,10,12-14H2/t19-/m1/s1. The van der Waals surface area contributed by atoms with Gasteiger partial charge in [-0.2, -0.15) is 11.3 Å². The van der Waals surface area contributed by atoms with Crippen molar-refractivity contribution in [3.8, 4) is 5.75 Å². The van der Waals surface area contributed by atoms with Crippen molar-refractivity contribution in [2.75, 3.05) is 6.61 Å². The zero-order valence-corrected chi connectivity index (χ0v) is 15.2. The molecule has 0 spiro atoms. The minimum Gasteiger partial charge on any atom is -0.492 e. The summed E-state index contributed by atoms with van der Waals surface area (Å²) in [5, 5.41) is 4.14. The fourth-order valence-electron chi connectivity index (χ4n) is 3.27. The van der Waals surface area contributed by atoms with E-state index in [0.29, 0.717) is 19.7 Å². The molecule has 0 radical (unpaired) electrons. The molecule has 2 aromatic heterocycles. The van der Waals surface area contributed by atoms with E-state index in [1.807, 2.05) is 52.9 Å². The Morgan fingerprint density at radius 2 is 2.04 bits per heavy atom. The topological polar surface area (TPSA) is 42.4 Å². The highest BCUT2D eigenvalue weighted by molar-refractivity contribution is 7.07. The first-order valence-corrected chi connectivity index (χ1v) is 9.63. The van der Waals surface area contributed by atoms with Gasteiger partial charge >= 0.3 is 0 Å². The Kier molecular flexibility index (Phi) is 4.97. The number of fused-ring (bicyclic) bond motifs is 1. The van der Waals surface area contributed by atoms with Crippen LogP contribution in [0.15, 0.2) is 65.6 Å². The van der Waals surface area contributed by atoms with Gasteiger partial charge in [-0.3, -0.25) is 9.78 Å². The number of para-hydroxylation sites is 1. The highest BCUT2D eigenvalue weighted by Crippen LogP contribution is 2.28. The van der Waals surface area contributed by atoms with Crippen LogP contribution in [0.3, 0.4) is 0 Å². The monoisotopic (exact) mass is 364 g/mol. The van der Waals surface area contributed by atoms with Gasteiger partial charge in [-0.05, 0) is 52.1 Å². The third-order valence-electron chi connectivity index (χ3n) is 4.59. The lowest BCUT2D eigenvalue weighted by molar-refractivity contribution is -0.138. The molecule has 132 valence electrons. The molecule has 4 nitrogen and oxygen atoms in total. The minimum atomic E-state index is -0.153. The Hall–Kier alpha value is -2.66. The van der Waals surface area contributed by atoms with Crippen LogP contribution in [0, 0.1) is 5.92 Å². The summed E-state index contributed by atoms with van der Waals surface area (Å²) in [7, 11) is 0. The molecule has 0 bridgehead atoms. The number of amides is 1. The van der Waals surface area contributed by atoms with Gasteiger partial charge < -0.3 is 9.64 Å². The molecule has 1 atom stereocenters. The second-order valence-electron chi connectivity index (χ2n) is 6.51. The molecule has 1 amide bonds. The number of aromatic nitrogens is 1. The molecule has 5 heteroatoms. The number of carbonyl (C=O) groups excluding carboxylic acids is 1. The van der Waals surface area contributed by atoms with Gasteiger partial charge in [0, 0.05) is 25.5 Å². The zero-order valence-electron chi connectivity index (χ0n) is 14.4. The number of pyridine rings is 1. The minimum absolute atomic E-state index is 0.134. The Labute approximate surface area is 157 Å². The molecule has 4 rings (SSSR count). The van der Waals surface area contributed by atoms with E-state index in [2.05, 4.69) is 16.4 Å². The molecule has 3 heterocycles. The van der Waals surface area contributed by atoms with Gasteiger partial charge in [0.2, 0.25) is 5.91 Å². The summed E-state index contributed by atoms with van der Waals surface area (Å²) in [5.41, 5.74) is 3.30. The van der Waals surface area contributed by atoms with Crippen LogP contribution in [-0.2, 0) is 24.3 Å². The highest BCUT2D eigenvalue weighted by Gasteiger charge is 2.29. The van der Waals surface area contributed by atoms with Gasteiger partial charge in [0.05, 0.1) is 5.92 Å². The third-order valence-corrected chi connectivity index (χ3v) is 5.32. The molecule has 26 heavy (non-hydrogen) atoms. The van der Waals surface area contributed by atoms with Crippen molar-refractivity contribution in [2.45, 2.75) is 19.5 Å². The van der Waals surface area contributed by atoms with Crippen LogP contribution < -0.4 is 4.74 Å². The Bertz CT molecular complexity index is 865. The molecule has 1 aliphatic heterocycles. The Balaban J connectivity index is 1.54. The van der Waals surface area contributed by atoms with Crippen molar-refractivity contribution in [1.82, 2.24) is 9.88 Å². The number of thiophene rings is 1. The molecule has 0 unspecified atom stereocenters. The maximum absolute atomic E-state index is 13.3. The molecule has 0 fully saturated rings. The van der Waals surface area contributed by atoms with Gasteiger partial charge in [-0.25, -0.2) is 0 Å². The van der Waals surface area contributed by atoms with Gasteiger partial charge in [-0.15, -0.1) is 0 Å². The van der Waals surface area contributed by atoms with E-state index in [4.69, 9.17) is 4.74 Å². The number of ether oxygens (including phenoxy) is 1. The van der Waals surface area contributed by atoms with Crippen LogP contribution in [0.2, 0.25) is 0 Å². The van der Waals surface area contributed by atoms with Gasteiger partial charge in [-0.1, -0.05) is 24.3 Å². The average molecular weight is 364 g/mol. The summed E-state index contributed by atoms with van der Waals surface area (Å²) in [4.78, 5) is 19.4. The lowest BCUT2D eigenvalue weighted by Crippen LogP contribution is -2.40. The highest BCUT2D eigenvalue weighted by atomic mass is 32.1. The normalized spacial score (nSPS) is 15.8. The summed E-state index contributed by atoms with van der Waals surface area (Å²) < 4.78 is 5.84. The smallest absolute Gasteiger partial charge is 0.230 e. The van der Waals surface area contributed by atoms with Crippen LogP contribution in [0.1, 0.15) is 16.7 Å². The SMILES string of the molecule is O=C([C@H]1COc2ccccc2C1)N(Cc1cccnc1)Cc1ccsc1. The molecule has 0 N–H and O–H groups in total. The van der Waals surface area contributed by atoms with Gasteiger partial charge in [0.25, 0.3) is 0 Å². The van der Waals surface area contributed by atoms with E-state index in [1.54, 1.807) is 17.5 Å². The molecule has 1 aliphatic rings. The second kappa shape index (κ2) is 7.70. The maximum atomic E-state index is 13.3. The predicted octanol–water partition coefficient (Wildman–Crippen LogP) is 3.92. The van der Waals surface area contributed by atoms with Crippen molar-refractivity contribution in [2.24, 2.45) is 5.92 Å². The predicted molar refractivity (Wildman–Crippen MR) is 102 cm³/mol. The van der Waals surface area contributed by atoms with E-state index < -0.39 is 0 Å².